The highest BCUT2D eigenvalue weighted by molar-refractivity contribution is 5.43. The van der Waals surface area contributed by atoms with Crippen molar-refractivity contribution in [2.45, 2.75) is 52.2 Å². The van der Waals surface area contributed by atoms with Crippen molar-refractivity contribution in [1.29, 1.82) is 0 Å². The second-order valence-corrected chi connectivity index (χ2v) is 5.93. The normalized spacial score (nSPS) is 20.6. The Bertz CT molecular complexity index is 464. The minimum absolute atomic E-state index is 0.490. The number of benzene rings is 1. The van der Waals surface area contributed by atoms with E-state index < -0.39 is 6.10 Å². The summed E-state index contributed by atoms with van der Waals surface area (Å²) in [6.07, 6.45) is 3.26. The van der Waals surface area contributed by atoms with E-state index >= 15 is 0 Å². The lowest BCUT2D eigenvalue weighted by atomic mass is 10.0. The zero-order chi connectivity index (χ0) is 15.9. The van der Waals surface area contributed by atoms with E-state index in [1.54, 1.807) is 0 Å². The molecule has 124 valence electrons. The number of aliphatic hydroxyl groups excluding tert-OH is 1. The number of aliphatic hydroxyl groups is 1. The molecule has 2 unspecified atom stereocenters. The summed E-state index contributed by atoms with van der Waals surface area (Å²) in [5.41, 5.74) is 0.893. The fourth-order valence-corrected chi connectivity index (χ4v) is 3.03. The van der Waals surface area contributed by atoms with Crippen molar-refractivity contribution in [3.05, 3.63) is 23.8 Å². The van der Waals surface area contributed by atoms with Crippen molar-refractivity contribution in [2.24, 2.45) is 0 Å². The Morgan fingerprint density at radius 1 is 1.18 bits per heavy atom. The molecule has 4 nitrogen and oxygen atoms in total. The summed E-state index contributed by atoms with van der Waals surface area (Å²) in [7, 11) is 0. The van der Waals surface area contributed by atoms with Crippen LogP contribution in [-0.2, 0) is 0 Å². The summed E-state index contributed by atoms with van der Waals surface area (Å²) in [6, 6.07) is 6.30. The number of likely N-dealkylation sites (tertiary alicyclic amines) is 1. The first-order chi connectivity index (χ1) is 10.7. The second kappa shape index (κ2) is 8.39. The second-order valence-electron chi connectivity index (χ2n) is 5.93. The van der Waals surface area contributed by atoms with Gasteiger partial charge in [0, 0.05) is 12.6 Å². The topological polar surface area (TPSA) is 41.9 Å². The minimum atomic E-state index is -0.490. The van der Waals surface area contributed by atoms with Gasteiger partial charge in [-0.2, -0.15) is 0 Å². The van der Waals surface area contributed by atoms with Crippen LogP contribution in [0.1, 0.15) is 51.7 Å². The van der Waals surface area contributed by atoms with E-state index in [4.69, 9.17) is 9.47 Å². The van der Waals surface area contributed by atoms with Crippen LogP contribution < -0.4 is 9.47 Å². The van der Waals surface area contributed by atoms with E-state index in [2.05, 4.69) is 11.8 Å². The molecule has 2 rings (SSSR count). The van der Waals surface area contributed by atoms with Crippen molar-refractivity contribution in [2.75, 3.05) is 26.3 Å². The van der Waals surface area contributed by atoms with Crippen LogP contribution >= 0.6 is 0 Å². The van der Waals surface area contributed by atoms with Gasteiger partial charge in [-0.05, 0) is 57.9 Å². The van der Waals surface area contributed by atoms with E-state index in [0.717, 1.165) is 17.9 Å². The molecule has 1 aromatic rings. The van der Waals surface area contributed by atoms with Gasteiger partial charge in [0.25, 0.3) is 0 Å². The van der Waals surface area contributed by atoms with Crippen LogP contribution in [0.3, 0.4) is 0 Å². The summed E-state index contributed by atoms with van der Waals surface area (Å²) < 4.78 is 11.2. The van der Waals surface area contributed by atoms with E-state index in [-0.39, 0.29) is 0 Å². The molecule has 1 aliphatic heterocycles. The highest BCUT2D eigenvalue weighted by Crippen LogP contribution is 2.31. The zero-order valence-corrected chi connectivity index (χ0v) is 14.0. The summed E-state index contributed by atoms with van der Waals surface area (Å²) in [5, 5.41) is 10.6. The zero-order valence-electron chi connectivity index (χ0n) is 14.0. The molecule has 2 atom stereocenters. The number of nitrogens with zero attached hydrogens (tertiary/aromatic N) is 1. The highest BCUT2D eigenvalue weighted by atomic mass is 16.5. The van der Waals surface area contributed by atoms with Gasteiger partial charge in [-0.25, -0.2) is 0 Å². The Kier molecular flexibility index (Phi) is 6.52. The third-order valence-corrected chi connectivity index (χ3v) is 4.30. The average Bonchev–Trinajstić information content (AvgIpc) is 2.51. The van der Waals surface area contributed by atoms with Gasteiger partial charge in [0.1, 0.15) is 0 Å². The SMILES string of the molecule is CCOc1ccc(C(O)CN2CCCCC2C)cc1OCC. The van der Waals surface area contributed by atoms with Crippen molar-refractivity contribution >= 4 is 0 Å². The third kappa shape index (κ3) is 4.37. The first-order valence-corrected chi connectivity index (χ1v) is 8.47. The molecule has 0 saturated carbocycles. The van der Waals surface area contributed by atoms with Crippen LogP contribution in [0.2, 0.25) is 0 Å². The molecular weight excluding hydrogens is 278 g/mol. The van der Waals surface area contributed by atoms with Crippen molar-refractivity contribution in [3.8, 4) is 11.5 Å². The average molecular weight is 307 g/mol. The predicted molar refractivity (Wildman–Crippen MR) is 88.6 cm³/mol. The van der Waals surface area contributed by atoms with Gasteiger partial charge in [0.2, 0.25) is 0 Å². The van der Waals surface area contributed by atoms with Gasteiger partial charge in [-0.1, -0.05) is 12.5 Å². The van der Waals surface area contributed by atoms with E-state index in [0.29, 0.717) is 31.5 Å². The molecule has 4 heteroatoms. The number of rotatable bonds is 7. The molecule has 1 heterocycles. The molecule has 22 heavy (non-hydrogen) atoms. The van der Waals surface area contributed by atoms with Crippen molar-refractivity contribution < 1.29 is 14.6 Å². The molecule has 1 N–H and O–H groups in total. The molecule has 0 aliphatic carbocycles. The van der Waals surface area contributed by atoms with Crippen LogP contribution in [0.5, 0.6) is 11.5 Å². The Morgan fingerprint density at radius 3 is 2.59 bits per heavy atom. The molecule has 1 fully saturated rings. The van der Waals surface area contributed by atoms with Gasteiger partial charge >= 0.3 is 0 Å². The number of hydrogen-bond donors (Lipinski definition) is 1. The minimum Gasteiger partial charge on any atom is -0.490 e. The number of ether oxygens (including phenoxy) is 2. The van der Waals surface area contributed by atoms with Crippen LogP contribution in [0.4, 0.5) is 0 Å². The smallest absolute Gasteiger partial charge is 0.161 e. The predicted octanol–water partition coefficient (Wildman–Crippen LogP) is 3.39. The van der Waals surface area contributed by atoms with Crippen LogP contribution in [0.15, 0.2) is 18.2 Å². The molecule has 0 spiro atoms. The summed E-state index contributed by atoms with van der Waals surface area (Å²) in [6.45, 7) is 9.10. The van der Waals surface area contributed by atoms with Gasteiger partial charge in [0.05, 0.1) is 19.3 Å². The van der Waals surface area contributed by atoms with E-state index in [9.17, 15) is 5.11 Å². The molecular formula is C18H29NO3. The molecule has 0 bridgehead atoms. The maximum atomic E-state index is 10.6. The molecule has 0 radical (unpaired) electrons. The number of β-amino-alcohol motifs (C(OH)–C–C–N with tert-alkyl or cyclic N) is 1. The molecule has 1 aliphatic rings. The summed E-state index contributed by atoms with van der Waals surface area (Å²) >= 11 is 0. The maximum absolute atomic E-state index is 10.6. The molecule has 1 saturated heterocycles. The Balaban J connectivity index is 2.08. The Hall–Kier alpha value is -1.26. The number of hydrogen-bond acceptors (Lipinski definition) is 4. The molecule has 1 aromatic carbocycles. The summed E-state index contributed by atoms with van der Waals surface area (Å²) in [4.78, 5) is 2.38. The maximum Gasteiger partial charge on any atom is 0.161 e. The summed E-state index contributed by atoms with van der Waals surface area (Å²) in [5.74, 6) is 1.46. The Labute approximate surface area is 134 Å². The van der Waals surface area contributed by atoms with Crippen molar-refractivity contribution in [3.63, 3.8) is 0 Å². The highest BCUT2D eigenvalue weighted by Gasteiger charge is 2.22. The van der Waals surface area contributed by atoms with Gasteiger partial charge in [-0.3, -0.25) is 4.90 Å². The third-order valence-electron chi connectivity index (χ3n) is 4.30. The first kappa shape index (κ1) is 17.1. The van der Waals surface area contributed by atoms with E-state index in [1.165, 1.54) is 19.3 Å². The van der Waals surface area contributed by atoms with Gasteiger partial charge < -0.3 is 14.6 Å². The lowest BCUT2D eigenvalue weighted by Gasteiger charge is -2.34. The molecule has 0 aromatic heterocycles. The van der Waals surface area contributed by atoms with Gasteiger partial charge in [-0.15, -0.1) is 0 Å². The van der Waals surface area contributed by atoms with Crippen LogP contribution in [0.25, 0.3) is 0 Å². The quantitative estimate of drug-likeness (QED) is 0.838. The van der Waals surface area contributed by atoms with Crippen LogP contribution in [-0.4, -0.2) is 42.4 Å². The fraction of sp³-hybridized carbons (Fsp3) is 0.667. The van der Waals surface area contributed by atoms with Crippen LogP contribution in [0, 0.1) is 0 Å². The fourth-order valence-electron chi connectivity index (χ4n) is 3.03. The van der Waals surface area contributed by atoms with E-state index in [1.807, 2.05) is 32.0 Å². The van der Waals surface area contributed by atoms with Crippen molar-refractivity contribution in [1.82, 2.24) is 4.90 Å². The Morgan fingerprint density at radius 2 is 1.91 bits per heavy atom. The van der Waals surface area contributed by atoms with Gasteiger partial charge in [0.15, 0.2) is 11.5 Å². The standard InChI is InChI=1S/C18H29NO3/c1-4-21-17-10-9-15(12-18(17)22-5-2)16(20)13-19-11-7-6-8-14(19)3/h9-10,12,14,16,20H,4-8,11,13H2,1-3H3. The number of piperidine rings is 1. The largest absolute Gasteiger partial charge is 0.490 e. The first-order valence-electron chi connectivity index (χ1n) is 8.47. The lowest BCUT2D eigenvalue weighted by Crippen LogP contribution is -2.40. The molecule has 0 amide bonds. The lowest BCUT2D eigenvalue weighted by molar-refractivity contribution is 0.0730. The monoisotopic (exact) mass is 307 g/mol.